The zero-order chi connectivity index (χ0) is 24.8. The second-order valence-corrected chi connectivity index (χ2v) is 15.1. The molecule has 0 amide bonds. The van der Waals surface area contributed by atoms with Crippen molar-refractivity contribution in [1.29, 1.82) is 0 Å². The smallest absolute Gasteiger partial charge is 0.265 e. The van der Waals surface area contributed by atoms with Gasteiger partial charge in [0.15, 0.2) is 0 Å². The Labute approximate surface area is 215 Å². The summed E-state index contributed by atoms with van der Waals surface area (Å²) >= 11 is 4.80. The molecule has 3 aromatic rings. The minimum absolute atomic E-state index is 0.0420. The van der Waals surface area contributed by atoms with Crippen LogP contribution in [-0.4, -0.2) is 41.6 Å². The number of thioether (sulfide) groups is 2. The van der Waals surface area contributed by atoms with Crippen LogP contribution in [0.15, 0.2) is 71.5 Å². The lowest BCUT2D eigenvalue weighted by Crippen LogP contribution is -2.09. The molecular weight excluding hydrogens is 557 g/mol. The van der Waals surface area contributed by atoms with E-state index in [1.165, 1.54) is 47.8 Å². The van der Waals surface area contributed by atoms with E-state index >= 15 is 0 Å². The fourth-order valence-electron chi connectivity index (χ4n) is 2.53. The quantitative estimate of drug-likeness (QED) is 0.171. The average molecular weight is 579 g/mol. The summed E-state index contributed by atoms with van der Waals surface area (Å²) < 4.78 is 60.6. The molecule has 0 fully saturated rings. The summed E-state index contributed by atoms with van der Waals surface area (Å²) in [6.45, 7) is 3.65. The van der Waals surface area contributed by atoms with E-state index in [0.717, 1.165) is 42.2 Å². The lowest BCUT2D eigenvalue weighted by molar-refractivity contribution is 0.340. The van der Waals surface area contributed by atoms with Gasteiger partial charge < -0.3 is 0 Å². The second kappa shape index (κ2) is 12.2. The van der Waals surface area contributed by atoms with Gasteiger partial charge in [0, 0.05) is 11.5 Å². The number of aryl methyl sites for hydroxylation is 2. The Morgan fingerprint density at radius 1 is 0.676 bits per heavy atom. The highest BCUT2D eigenvalue weighted by Crippen LogP contribution is 2.36. The highest BCUT2D eigenvalue weighted by molar-refractivity contribution is 8.05. The van der Waals surface area contributed by atoms with Crippen molar-refractivity contribution in [3.8, 4) is 0 Å². The van der Waals surface area contributed by atoms with Crippen LogP contribution >= 0.6 is 46.2 Å². The zero-order valence-corrected chi connectivity index (χ0v) is 23.2. The minimum Gasteiger partial charge on any atom is -0.265 e. The highest BCUT2D eigenvalue weighted by atomic mass is 32.2. The van der Waals surface area contributed by atoms with Gasteiger partial charge in [0.2, 0.25) is 0 Å². The maximum Gasteiger partial charge on any atom is 0.296 e. The van der Waals surface area contributed by atoms with Gasteiger partial charge in [-0.05, 0) is 38.1 Å². The molecule has 2 aromatic carbocycles. The molecule has 3 rings (SSSR count). The standard InChI is InChI=1S/C21H22O7S6/c1-15-3-7-17(8-4-15)33(23,24)27-11-13-29-19-20(32-21(22)31-19)30-14-12-28-34(25,26)18-9-5-16(2)6-10-18/h3-10H,11-14H2,1-2H3. The van der Waals surface area contributed by atoms with Gasteiger partial charge in [0.1, 0.15) is 0 Å². The van der Waals surface area contributed by atoms with E-state index in [4.69, 9.17) is 8.37 Å². The normalized spacial score (nSPS) is 12.2. The van der Waals surface area contributed by atoms with Gasteiger partial charge >= 0.3 is 0 Å². The molecule has 0 atom stereocenters. The van der Waals surface area contributed by atoms with Gasteiger partial charge in [-0.15, -0.1) is 23.5 Å². The van der Waals surface area contributed by atoms with E-state index in [2.05, 4.69) is 0 Å². The fourth-order valence-corrected chi connectivity index (χ4v) is 9.59. The monoisotopic (exact) mass is 578 g/mol. The summed E-state index contributed by atoms with van der Waals surface area (Å²) in [6.07, 6.45) is 0. The minimum atomic E-state index is -3.84. The topological polar surface area (TPSA) is 104 Å². The molecule has 0 aliphatic rings. The maximum atomic E-state index is 12.3. The molecule has 0 spiro atoms. The predicted octanol–water partition coefficient (Wildman–Crippen LogP) is 4.78. The van der Waals surface area contributed by atoms with E-state index in [1.54, 1.807) is 24.3 Å². The van der Waals surface area contributed by atoms with Crippen LogP contribution < -0.4 is 4.06 Å². The first-order chi connectivity index (χ1) is 16.1. The third kappa shape index (κ3) is 7.92. The molecule has 7 nitrogen and oxygen atoms in total. The average Bonchev–Trinajstić information content (AvgIpc) is 3.14. The van der Waals surface area contributed by atoms with Crippen molar-refractivity contribution in [3.05, 3.63) is 68.5 Å². The first kappa shape index (κ1) is 27.4. The summed E-state index contributed by atoms with van der Waals surface area (Å²) in [5, 5.41) is 0. The summed E-state index contributed by atoms with van der Waals surface area (Å²) in [7, 11) is -7.68. The Bertz CT molecular complexity index is 1250. The first-order valence-electron chi connectivity index (χ1n) is 9.88. The second-order valence-electron chi connectivity index (χ2n) is 6.90. The van der Waals surface area contributed by atoms with Gasteiger partial charge in [-0.2, -0.15) is 16.8 Å². The molecule has 0 saturated heterocycles. The van der Waals surface area contributed by atoms with Crippen molar-refractivity contribution >= 4 is 66.4 Å². The molecule has 0 bridgehead atoms. The largest absolute Gasteiger partial charge is 0.296 e. The highest BCUT2D eigenvalue weighted by Gasteiger charge is 2.17. The van der Waals surface area contributed by atoms with Crippen LogP contribution in [-0.2, 0) is 28.6 Å². The van der Waals surface area contributed by atoms with Crippen molar-refractivity contribution in [2.24, 2.45) is 0 Å². The number of benzene rings is 2. The Balaban J connectivity index is 1.47. The molecule has 1 aromatic heterocycles. The molecule has 34 heavy (non-hydrogen) atoms. The number of rotatable bonds is 12. The first-order valence-corrected chi connectivity index (χ1v) is 16.3. The SMILES string of the molecule is Cc1ccc(S(=O)(=O)OCCSc2sc(=O)sc2SCCOS(=O)(=O)c2ccc(C)cc2)cc1. The summed E-state index contributed by atoms with van der Waals surface area (Å²) in [6, 6.07) is 12.8. The van der Waals surface area contributed by atoms with Gasteiger partial charge in [-0.3, -0.25) is 13.2 Å². The van der Waals surface area contributed by atoms with E-state index < -0.39 is 20.2 Å². The molecule has 0 aliphatic heterocycles. The van der Waals surface area contributed by atoms with Crippen LogP contribution in [0.1, 0.15) is 11.1 Å². The lowest BCUT2D eigenvalue weighted by atomic mass is 10.2. The van der Waals surface area contributed by atoms with Crippen molar-refractivity contribution in [2.45, 2.75) is 32.1 Å². The van der Waals surface area contributed by atoms with E-state index in [9.17, 15) is 21.6 Å². The van der Waals surface area contributed by atoms with E-state index in [-0.39, 0.29) is 27.1 Å². The third-order valence-corrected chi connectivity index (χ3v) is 11.9. The summed E-state index contributed by atoms with van der Waals surface area (Å²) in [5.74, 6) is 0.674. The van der Waals surface area contributed by atoms with Gasteiger partial charge in [0.25, 0.3) is 24.3 Å². The zero-order valence-electron chi connectivity index (χ0n) is 18.3. The molecule has 0 unspecified atom stereocenters. The van der Waals surface area contributed by atoms with Crippen LogP contribution in [0.2, 0.25) is 0 Å². The molecule has 13 heteroatoms. The molecule has 0 N–H and O–H groups in total. The Morgan fingerprint density at radius 3 is 1.38 bits per heavy atom. The molecular formula is C21H22O7S6. The van der Waals surface area contributed by atoms with Crippen LogP contribution in [0.5, 0.6) is 0 Å². The Hall–Kier alpha value is -1.19. The van der Waals surface area contributed by atoms with Crippen LogP contribution in [0.3, 0.4) is 0 Å². The van der Waals surface area contributed by atoms with E-state index in [0.29, 0.717) is 11.5 Å². The molecule has 0 saturated carbocycles. The molecule has 0 radical (unpaired) electrons. The molecule has 1 heterocycles. The Kier molecular flexibility index (Phi) is 9.81. The Morgan fingerprint density at radius 2 is 1.03 bits per heavy atom. The number of hydrogen-bond acceptors (Lipinski definition) is 11. The molecule has 0 aliphatic carbocycles. The van der Waals surface area contributed by atoms with Gasteiger partial charge in [-0.25, -0.2) is 0 Å². The fraction of sp³-hybridized carbons (Fsp3) is 0.286. The van der Waals surface area contributed by atoms with Crippen molar-refractivity contribution in [2.75, 3.05) is 24.7 Å². The van der Waals surface area contributed by atoms with Crippen LogP contribution in [0, 0.1) is 13.8 Å². The van der Waals surface area contributed by atoms with Crippen LogP contribution in [0.4, 0.5) is 0 Å². The third-order valence-electron chi connectivity index (χ3n) is 4.25. The lowest BCUT2D eigenvalue weighted by Gasteiger charge is -2.07. The van der Waals surface area contributed by atoms with Gasteiger partial charge in [-0.1, -0.05) is 58.1 Å². The summed E-state index contributed by atoms with van der Waals surface area (Å²) in [4.78, 5) is 12.1. The summed E-state index contributed by atoms with van der Waals surface area (Å²) in [5.41, 5.74) is 1.90. The van der Waals surface area contributed by atoms with Crippen molar-refractivity contribution in [3.63, 3.8) is 0 Å². The van der Waals surface area contributed by atoms with Crippen molar-refractivity contribution in [1.82, 2.24) is 0 Å². The molecule has 184 valence electrons. The maximum absolute atomic E-state index is 12.3. The number of hydrogen-bond donors (Lipinski definition) is 0. The van der Waals surface area contributed by atoms with Crippen molar-refractivity contribution < 1.29 is 25.2 Å². The predicted molar refractivity (Wildman–Crippen MR) is 139 cm³/mol. The van der Waals surface area contributed by atoms with Crippen LogP contribution in [0.25, 0.3) is 0 Å². The van der Waals surface area contributed by atoms with E-state index in [1.807, 2.05) is 13.8 Å². The van der Waals surface area contributed by atoms with Gasteiger partial charge in [0.05, 0.1) is 31.4 Å².